The van der Waals surface area contributed by atoms with Crippen molar-refractivity contribution < 1.29 is 49.0 Å². The number of rotatable bonds is 43. The molecule has 10 heteroatoms. The van der Waals surface area contributed by atoms with Gasteiger partial charge in [-0.05, 0) is 77.0 Å². The first-order chi connectivity index (χ1) is 31.3. The lowest BCUT2D eigenvalue weighted by Gasteiger charge is -2.39. The number of allylic oxidation sites excluding steroid dienone is 10. The molecule has 6 atom stereocenters. The standard InChI is InChI=1S/C54H94O10/c1-3-5-7-9-11-13-15-17-19-21-22-23-24-25-26-27-29-31-33-35-37-39-41-43-50(57)63-47(46-62-54-53(60)52(59)51(58)48(44-55)64-54)45-61-49(56)42-40-38-36-34-32-30-28-20-18-16-14-12-10-8-6-4-2/h5,7,11,13,17,19-20,22-23,28,47-48,51-55,58-60H,3-4,6,8-10,12,14-16,18,21,24-27,29-46H2,1-2H3/b7-5-,13-11-,19-17-,23-22-,28-20-. The highest BCUT2D eigenvalue weighted by molar-refractivity contribution is 5.70. The van der Waals surface area contributed by atoms with E-state index in [0.717, 1.165) is 83.5 Å². The van der Waals surface area contributed by atoms with Gasteiger partial charge < -0.3 is 39.4 Å². The Labute approximate surface area is 390 Å². The van der Waals surface area contributed by atoms with Crippen molar-refractivity contribution in [3.8, 4) is 0 Å². The molecule has 1 fully saturated rings. The Kier molecular flexibility index (Phi) is 41.1. The number of unbranched alkanes of at least 4 members (excludes halogenated alkanes) is 22. The van der Waals surface area contributed by atoms with Gasteiger partial charge in [-0.2, -0.15) is 0 Å². The maximum Gasteiger partial charge on any atom is 0.306 e. The van der Waals surface area contributed by atoms with Gasteiger partial charge in [0.2, 0.25) is 0 Å². The number of esters is 2. The summed E-state index contributed by atoms with van der Waals surface area (Å²) in [5, 5.41) is 40.2. The molecule has 0 amide bonds. The molecular formula is C54H94O10. The minimum absolute atomic E-state index is 0.221. The van der Waals surface area contributed by atoms with E-state index < -0.39 is 49.4 Å². The molecule has 1 heterocycles. The normalized spacial score (nSPS) is 19.9. The first-order valence-corrected chi connectivity index (χ1v) is 25.9. The maximum absolute atomic E-state index is 12.8. The molecule has 0 radical (unpaired) electrons. The fourth-order valence-corrected chi connectivity index (χ4v) is 7.59. The average Bonchev–Trinajstić information content (AvgIpc) is 3.29. The predicted molar refractivity (Wildman–Crippen MR) is 261 cm³/mol. The summed E-state index contributed by atoms with van der Waals surface area (Å²) in [6, 6.07) is 0. The van der Waals surface area contributed by atoms with Crippen LogP contribution in [0.2, 0.25) is 0 Å². The van der Waals surface area contributed by atoms with Gasteiger partial charge in [0, 0.05) is 12.8 Å². The summed E-state index contributed by atoms with van der Waals surface area (Å²) in [5.74, 6) is -0.819. The molecule has 1 rings (SSSR count). The quantitative estimate of drug-likeness (QED) is 0.0264. The second-order valence-electron chi connectivity index (χ2n) is 17.6. The molecule has 0 spiro atoms. The van der Waals surface area contributed by atoms with E-state index in [0.29, 0.717) is 12.8 Å². The zero-order valence-electron chi connectivity index (χ0n) is 40.5. The van der Waals surface area contributed by atoms with Gasteiger partial charge in [0.1, 0.15) is 31.0 Å². The topological polar surface area (TPSA) is 152 Å². The second kappa shape index (κ2) is 44.2. The lowest BCUT2D eigenvalue weighted by atomic mass is 9.99. The van der Waals surface area contributed by atoms with Gasteiger partial charge in [-0.15, -0.1) is 0 Å². The van der Waals surface area contributed by atoms with Crippen molar-refractivity contribution in [1.29, 1.82) is 0 Å². The van der Waals surface area contributed by atoms with Crippen molar-refractivity contribution in [3.63, 3.8) is 0 Å². The van der Waals surface area contributed by atoms with Crippen LogP contribution in [0.15, 0.2) is 60.8 Å². The van der Waals surface area contributed by atoms with Crippen molar-refractivity contribution in [3.05, 3.63) is 60.8 Å². The van der Waals surface area contributed by atoms with Crippen LogP contribution < -0.4 is 0 Å². The Balaban J connectivity index is 2.26. The second-order valence-corrected chi connectivity index (χ2v) is 17.6. The smallest absolute Gasteiger partial charge is 0.306 e. The third kappa shape index (κ3) is 34.7. The molecule has 0 aromatic carbocycles. The zero-order chi connectivity index (χ0) is 46.6. The van der Waals surface area contributed by atoms with Gasteiger partial charge in [0.15, 0.2) is 12.4 Å². The van der Waals surface area contributed by atoms with Crippen LogP contribution in [0.1, 0.15) is 213 Å². The van der Waals surface area contributed by atoms with Gasteiger partial charge in [-0.3, -0.25) is 9.59 Å². The summed E-state index contributed by atoms with van der Waals surface area (Å²) in [5.41, 5.74) is 0. The number of hydrogen-bond donors (Lipinski definition) is 4. The summed E-state index contributed by atoms with van der Waals surface area (Å²) >= 11 is 0. The van der Waals surface area contributed by atoms with E-state index in [9.17, 15) is 30.0 Å². The Morgan fingerprint density at radius 3 is 1.41 bits per heavy atom. The Morgan fingerprint density at radius 2 is 0.922 bits per heavy atom. The fraction of sp³-hybridized carbons (Fsp3) is 0.778. The largest absolute Gasteiger partial charge is 0.462 e. The summed E-state index contributed by atoms with van der Waals surface area (Å²) in [6.07, 6.45) is 47.9. The first-order valence-electron chi connectivity index (χ1n) is 25.9. The average molecular weight is 903 g/mol. The van der Waals surface area contributed by atoms with E-state index in [1.165, 1.54) is 89.9 Å². The molecule has 1 aliphatic rings. The number of ether oxygens (including phenoxy) is 4. The molecule has 370 valence electrons. The number of aliphatic hydroxyl groups excluding tert-OH is 4. The predicted octanol–water partition coefficient (Wildman–Crippen LogP) is 12.2. The van der Waals surface area contributed by atoms with Gasteiger partial charge >= 0.3 is 11.9 Å². The van der Waals surface area contributed by atoms with Gasteiger partial charge in [0.25, 0.3) is 0 Å². The summed E-state index contributed by atoms with van der Waals surface area (Å²) in [4.78, 5) is 25.5. The molecule has 4 N–H and O–H groups in total. The Bertz CT molecular complexity index is 1230. The van der Waals surface area contributed by atoms with E-state index in [2.05, 4.69) is 74.6 Å². The minimum atomic E-state index is -1.60. The SMILES string of the molecule is CC/C=C\C/C=C\C/C=C\C/C=C\CCCCCCCCCCCCC(=O)OC(COC(=O)CCCCCCC/C=C\CCCCCCCCC)COC1OC(CO)C(O)C(O)C1O. The van der Waals surface area contributed by atoms with Crippen LogP contribution in [0.5, 0.6) is 0 Å². The molecule has 0 aliphatic carbocycles. The van der Waals surface area contributed by atoms with Crippen molar-refractivity contribution in [2.45, 2.75) is 250 Å². The van der Waals surface area contributed by atoms with Crippen molar-refractivity contribution in [2.24, 2.45) is 0 Å². The third-order valence-electron chi connectivity index (χ3n) is 11.6. The van der Waals surface area contributed by atoms with Crippen LogP contribution in [0.3, 0.4) is 0 Å². The lowest BCUT2D eigenvalue weighted by Crippen LogP contribution is -2.59. The molecule has 1 aliphatic heterocycles. The van der Waals surface area contributed by atoms with Crippen LogP contribution in [-0.4, -0.2) is 89.0 Å². The van der Waals surface area contributed by atoms with E-state index in [1.54, 1.807) is 0 Å². The van der Waals surface area contributed by atoms with Crippen LogP contribution in [-0.2, 0) is 28.5 Å². The van der Waals surface area contributed by atoms with E-state index in [4.69, 9.17) is 18.9 Å². The molecule has 64 heavy (non-hydrogen) atoms. The molecule has 10 nitrogen and oxygen atoms in total. The van der Waals surface area contributed by atoms with Gasteiger partial charge in [0.05, 0.1) is 13.2 Å². The molecule has 0 aromatic rings. The van der Waals surface area contributed by atoms with Gasteiger partial charge in [-0.1, -0.05) is 184 Å². The molecule has 0 saturated carbocycles. The molecule has 0 aromatic heterocycles. The highest BCUT2D eigenvalue weighted by atomic mass is 16.7. The van der Waals surface area contributed by atoms with Crippen LogP contribution >= 0.6 is 0 Å². The molecular weight excluding hydrogens is 809 g/mol. The molecule has 1 saturated heterocycles. The highest BCUT2D eigenvalue weighted by Gasteiger charge is 2.44. The third-order valence-corrected chi connectivity index (χ3v) is 11.6. The number of aliphatic hydroxyl groups is 4. The Hall–Kier alpha value is -2.60. The lowest BCUT2D eigenvalue weighted by molar-refractivity contribution is -0.305. The summed E-state index contributed by atoms with van der Waals surface area (Å²) in [6.45, 7) is 3.31. The molecule has 6 unspecified atom stereocenters. The highest BCUT2D eigenvalue weighted by Crippen LogP contribution is 2.23. The van der Waals surface area contributed by atoms with Crippen molar-refractivity contribution >= 4 is 11.9 Å². The summed E-state index contributed by atoms with van der Waals surface area (Å²) < 4.78 is 22.2. The minimum Gasteiger partial charge on any atom is -0.462 e. The van der Waals surface area contributed by atoms with Crippen LogP contribution in [0, 0.1) is 0 Å². The number of hydrogen-bond acceptors (Lipinski definition) is 10. The van der Waals surface area contributed by atoms with Crippen LogP contribution in [0.4, 0.5) is 0 Å². The first kappa shape index (κ1) is 59.4. The van der Waals surface area contributed by atoms with Crippen LogP contribution in [0.25, 0.3) is 0 Å². The maximum atomic E-state index is 12.8. The molecule has 0 bridgehead atoms. The summed E-state index contributed by atoms with van der Waals surface area (Å²) in [7, 11) is 0. The van der Waals surface area contributed by atoms with E-state index in [-0.39, 0.29) is 32.0 Å². The zero-order valence-corrected chi connectivity index (χ0v) is 40.5. The monoisotopic (exact) mass is 903 g/mol. The fourth-order valence-electron chi connectivity index (χ4n) is 7.59. The van der Waals surface area contributed by atoms with Gasteiger partial charge in [-0.25, -0.2) is 0 Å². The van der Waals surface area contributed by atoms with E-state index in [1.807, 2.05) is 0 Å². The number of carbonyl (C=O) groups excluding carboxylic acids is 2. The van der Waals surface area contributed by atoms with Crippen molar-refractivity contribution in [2.75, 3.05) is 19.8 Å². The number of carbonyl (C=O) groups is 2. The van der Waals surface area contributed by atoms with Crippen molar-refractivity contribution in [1.82, 2.24) is 0 Å². The Morgan fingerprint density at radius 1 is 0.500 bits per heavy atom. The van der Waals surface area contributed by atoms with E-state index >= 15 is 0 Å².